The Bertz CT molecular complexity index is 187. The zero-order valence-corrected chi connectivity index (χ0v) is 9.14. The lowest BCUT2D eigenvalue weighted by atomic mass is 9.83. The Labute approximate surface area is 81.7 Å². The van der Waals surface area contributed by atoms with Crippen LogP contribution in [-0.4, -0.2) is 37.1 Å². The predicted octanol–water partition coefficient (Wildman–Crippen LogP) is 1.33. The molecular formula is C11H22N2. The summed E-state index contributed by atoms with van der Waals surface area (Å²) in [6, 6.07) is 0.812. The van der Waals surface area contributed by atoms with E-state index in [2.05, 4.69) is 31.0 Å². The van der Waals surface area contributed by atoms with Crippen LogP contribution in [0.25, 0.3) is 0 Å². The van der Waals surface area contributed by atoms with Gasteiger partial charge in [0.05, 0.1) is 0 Å². The Morgan fingerprint density at radius 2 is 2.08 bits per heavy atom. The fourth-order valence-electron chi connectivity index (χ4n) is 2.76. The van der Waals surface area contributed by atoms with Gasteiger partial charge in [-0.25, -0.2) is 0 Å². The summed E-state index contributed by atoms with van der Waals surface area (Å²) < 4.78 is 0. The van der Waals surface area contributed by atoms with Crippen LogP contribution >= 0.6 is 0 Å². The maximum atomic E-state index is 3.38. The zero-order valence-electron chi connectivity index (χ0n) is 9.14. The van der Waals surface area contributed by atoms with Crippen molar-refractivity contribution in [3.05, 3.63) is 0 Å². The molecule has 2 nitrogen and oxygen atoms in total. The minimum absolute atomic E-state index is 0.568. The van der Waals surface area contributed by atoms with E-state index in [-0.39, 0.29) is 0 Å². The number of nitrogens with one attached hydrogen (secondary N) is 1. The molecule has 0 amide bonds. The lowest BCUT2D eigenvalue weighted by Crippen LogP contribution is -2.57. The van der Waals surface area contributed by atoms with E-state index >= 15 is 0 Å². The predicted molar refractivity (Wildman–Crippen MR) is 55.8 cm³/mol. The molecule has 0 saturated carbocycles. The molecule has 2 heterocycles. The molecule has 76 valence electrons. The minimum atomic E-state index is 0.568. The van der Waals surface area contributed by atoms with Crippen molar-refractivity contribution in [3.8, 4) is 0 Å². The lowest BCUT2D eigenvalue weighted by Gasteiger charge is -2.43. The maximum Gasteiger partial charge on any atom is 0.00703 e. The monoisotopic (exact) mass is 182 g/mol. The molecule has 2 rings (SSSR count). The van der Waals surface area contributed by atoms with Gasteiger partial charge in [-0.1, -0.05) is 13.8 Å². The van der Waals surface area contributed by atoms with Crippen molar-refractivity contribution < 1.29 is 0 Å². The largest absolute Gasteiger partial charge is 0.315 e. The number of likely N-dealkylation sites (tertiary alicyclic amines) is 1. The van der Waals surface area contributed by atoms with Crippen LogP contribution in [0.15, 0.2) is 0 Å². The molecule has 13 heavy (non-hydrogen) atoms. The van der Waals surface area contributed by atoms with E-state index in [1.165, 1.54) is 32.6 Å². The summed E-state index contributed by atoms with van der Waals surface area (Å²) in [4.78, 5) is 2.67. The van der Waals surface area contributed by atoms with E-state index < -0.39 is 0 Å². The van der Waals surface area contributed by atoms with Gasteiger partial charge in [0.1, 0.15) is 0 Å². The SMILES string of the molecule is CC1CC(C)N(CC2(C)CNC2)C1. The summed E-state index contributed by atoms with van der Waals surface area (Å²) in [5.74, 6) is 0.909. The van der Waals surface area contributed by atoms with Crippen molar-refractivity contribution in [2.24, 2.45) is 11.3 Å². The van der Waals surface area contributed by atoms with E-state index in [9.17, 15) is 0 Å². The molecule has 2 saturated heterocycles. The van der Waals surface area contributed by atoms with Crippen molar-refractivity contribution in [2.45, 2.75) is 33.2 Å². The van der Waals surface area contributed by atoms with Crippen LogP contribution in [0.4, 0.5) is 0 Å². The quantitative estimate of drug-likeness (QED) is 0.693. The molecule has 0 aromatic rings. The second-order valence-corrected chi connectivity index (χ2v) is 5.53. The highest BCUT2D eigenvalue weighted by molar-refractivity contribution is 4.93. The Kier molecular flexibility index (Phi) is 2.37. The van der Waals surface area contributed by atoms with E-state index in [1.807, 2.05) is 0 Å². The smallest absolute Gasteiger partial charge is 0.00703 e. The van der Waals surface area contributed by atoms with Gasteiger partial charge in [-0.15, -0.1) is 0 Å². The van der Waals surface area contributed by atoms with Gasteiger partial charge >= 0.3 is 0 Å². The van der Waals surface area contributed by atoms with E-state index in [0.717, 1.165) is 12.0 Å². The van der Waals surface area contributed by atoms with Crippen molar-refractivity contribution in [3.63, 3.8) is 0 Å². The van der Waals surface area contributed by atoms with Gasteiger partial charge in [0.25, 0.3) is 0 Å². The molecular weight excluding hydrogens is 160 g/mol. The van der Waals surface area contributed by atoms with E-state index in [0.29, 0.717) is 5.41 Å². The van der Waals surface area contributed by atoms with Crippen molar-refractivity contribution in [1.82, 2.24) is 10.2 Å². The highest BCUT2D eigenvalue weighted by Crippen LogP contribution is 2.29. The van der Waals surface area contributed by atoms with Crippen LogP contribution in [0.2, 0.25) is 0 Å². The Morgan fingerprint density at radius 1 is 1.38 bits per heavy atom. The molecule has 1 N–H and O–H groups in total. The number of hydrogen-bond acceptors (Lipinski definition) is 2. The molecule has 2 aliphatic rings. The molecule has 0 radical (unpaired) electrons. The third-order valence-electron chi connectivity index (χ3n) is 3.60. The topological polar surface area (TPSA) is 15.3 Å². The first-order valence-corrected chi connectivity index (χ1v) is 5.54. The maximum absolute atomic E-state index is 3.38. The summed E-state index contributed by atoms with van der Waals surface area (Å²) in [5.41, 5.74) is 0.568. The van der Waals surface area contributed by atoms with Crippen LogP contribution in [0, 0.1) is 11.3 Å². The molecule has 2 fully saturated rings. The third-order valence-corrected chi connectivity index (χ3v) is 3.60. The Balaban J connectivity index is 1.87. The van der Waals surface area contributed by atoms with Gasteiger partial charge in [0.15, 0.2) is 0 Å². The molecule has 2 aliphatic heterocycles. The minimum Gasteiger partial charge on any atom is -0.315 e. The standard InChI is InChI=1S/C11H22N2/c1-9-4-10(2)13(5-9)8-11(3)6-12-7-11/h9-10,12H,4-8H2,1-3H3. The Hall–Kier alpha value is -0.0800. The summed E-state index contributed by atoms with van der Waals surface area (Å²) in [5, 5.41) is 3.38. The summed E-state index contributed by atoms with van der Waals surface area (Å²) in [7, 11) is 0. The lowest BCUT2D eigenvalue weighted by molar-refractivity contribution is 0.103. The average Bonchev–Trinajstić information content (AvgIpc) is 2.27. The number of rotatable bonds is 2. The first-order chi connectivity index (χ1) is 6.09. The highest BCUT2D eigenvalue weighted by atomic mass is 15.2. The van der Waals surface area contributed by atoms with Crippen molar-refractivity contribution in [1.29, 1.82) is 0 Å². The summed E-state index contributed by atoms with van der Waals surface area (Å²) >= 11 is 0. The van der Waals surface area contributed by atoms with Crippen LogP contribution in [-0.2, 0) is 0 Å². The van der Waals surface area contributed by atoms with Gasteiger partial charge in [0, 0.05) is 37.6 Å². The van der Waals surface area contributed by atoms with Gasteiger partial charge in [-0.2, -0.15) is 0 Å². The van der Waals surface area contributed by atoms with Crippen LogP contribution < -0.4 is 5.32 Å². The fraction of sp³-hybridized carbons (Fsp3) is 1.00. The van der Waals surface area contributed by atoms with Crippen LogP contribution in [0.5, 0.6) is 0 Å². The van der Waals surface area contributed by atoms with E-state index in [4.69, 9.17) is 0 Å². The van der Waals surface area contributed by atoms with Gasteiger partial charge < -0.3 is 5.32 Å². The summed E-state index contributed by atoms with van der Waals surface area (Å²) in [6.07, 6.45) is 1.39. The average molecular weight is 182 g/mol. The van der Waals surface area contributed by atoms with E-state index in [1.54, 1.807) is 0 Å². The second-order valence-electron chi connectivity index (χ2n) is 5.53. The molecule has 2 atom stereocenters. The zero-order chi connectivity index (χ0) is 9.47. The third kappa shape index (κ3) is 1.89. The van der Waals surface area contributed by atoms with Crippen molar-refractivity contribution >= 4 is 0 Å². The highest BCUT2D eigenvalue weighted by Gasteiger charge is 2.37. The first-order valence-electron chi connectivity index (χ1n) is 5.54. The second kappa shape index (κ2) is 3.25. The number of hydrogen-bond donors (Lipinski definition) is 1. The molecule has 0 bridgehead atoms. The Morgan fingerprint density at radius 3 is 2.46 bits per heavy atom. The van der Waals surface area contributed by atoms with Crippen LogP contribution in [0.1, 0.15) is 27.2 Å². The molecule has 2 heteroatoms. The van der Waals surface area contributed by atoms with Crippen LogP contribution in [0.3, 0.4) is 0 Å². The van der Waals surface area contributed by atoms with Gasteiger partial charge in [-0.3, -0.25) is 4.90 Å². The molecule has 0 aliphatic carbocycles. The molecule has 0 aromatic carbocycles. The number of nitrogens with zero attached hydrogens (tertiary/aromatic N) is 1. The van der Waals surface area contributed by atoms with Gasteiger partial charge in [-0.05, 0) is 19.3 Å². The molecule has 2 unspecified atom stereocenters. The van der Waals surface area contributed by atoms with Crippen molar-refractivity contribution in [2.75, 3.05) is 26.2 Å². The fourth-order valence-corrected chi connectivity index (χ4v) is 2.76. The molecule has 0 aromatic heterocycles. The normalized spacial score (nSPS) is 39.0. The summed E-state index contributed by atoms with van der Waals surface area (Å²) in [6.45, 7) is 12.2. The first kappa shape index (κ1) is 9.47. The van der Waals surface area contributed by atoms with Gasteiger partial charge in [0.2, 0.25) is 0 Å². The molecule has 0 spiro atoms.